The molecule has 0 spiro atoms. The fourth-order valence-corrected chi connectivity index (χ4v) is 2.37. The maximum Gasteiger partial charge on any atom is 0.351 e. The van der Waals surface area contributed by atoms with Crippen molar-refractivity contribution in [1.29, 1.82) is 0 Å². The number of aromatic nitrogens is 2. The Morgan fingerprint density at radius 2 is 2.30 bits per heavy atom. The highest BCUT2D eigenvalue weighted by Crippen LogP contribution is 2.38. The molecule has 1 aromatic heterocycles. The van der Waals surface area contributed by atoms with Crippen molar-refractivity contribution in [3.8, 4) is 0 Å². The smallest absolute Gasteiger partial charge is 0.351 e. The average molecular weight is 305 g/mol. The van der Waals surface area contributed by atoms with Crippen LogP contribution in [0.15, 0.2) is 11.0 Å². The second-order valence-electron chi connectivity index (χ2n) is 5.13. The standard InChI is InChI=1S/C11H17FN3O4P/c1-20(2,17)6-18-9-4-3-8(19-9)15-5-7(12)10(13)14-11(15)16/h5,8-9H,3-4,6H2,1-2H3,(H2,13,14,16)/t8-,9+/m0/s1. The van der Waals surface area contributed by atoms with Gasteiger partial charge in [0.05, 0.1) is 6.20 Å². The molecular formula is C11H17FN3O4P. The van der Waals surface area contributed by atoms with Crippen LogP contribution in [0.5, 0.6) is 0 Å². The van der Waals surface area contributed by atoms with Gasteiger partial charge in [0.25, 0.3) is 0 Å². The molecule has 112 valence electrons. The molecule has 20 heavy (non-hydrogen) atoms. The van der Waals surface area contributed by atoms with Crippen LogP contribution in [0, 0.1) is 5.82 Å². The Hall–Kier alpha value is -1.24. The summed E-state index contributed by atoms with van der Waals surface area (Å²) in [7, 11) is -2.29. The van der Waals surface area contributed by atoms with E-state index >= 15 is 0 Å². The van der Waals surface area contributed by atoms with Gasteiger partial charge < -0.3 is 19.8 Å². The lowest BCUT2D eigenvalue weighted by atomic mass is 10.3. The minimum absolute atomic E-state index is 0.105. The molecule has 0 amide bonds. The summed E-state index contributed by atoms with van der Waals surface area (Å²) < 4.78 is 36.8. The fraction of sp³-hybridized carbons (Fsp3) is 0.636. The molecule has 2 rings (SSSR count). The number of halogens is 1. The van der Waals surface area contributed by atoms with Crippen molar-refractivity contribution in [3.05, 3.63) is 22.5 Å². The van der Waals surface area contributed by atoms with Gasteiger partial charge in [-0.1, -0.05) is 0 Å². The third kappa shape index (κ3) is 3.65. The molecule has 0 aromatic carbocycles. The van der Waals surface area contributed by atoms with Crippen molar-refractivity contribution in [2.24, 2.45) is 0 Å². The van der Waals surface area contributed by atoms with Gasteiger partial charge in [-0.25, -0.2) is 9.18 Å². The summed E-state index contributed by atoms with van der Waals surface area (Å²) in [5.74, 6) is -1.21. The van der Waals surface area contributed by atoms with E-state index in [0.717, 1.165) is 10.8 Å². The topological polar surface area (TPSA) is 96.4 Å². The molecule has 1 aliphatic heterocycles. The van der Waals surface area contributed by atoms with E-state index in [9.17, 15) is 13.8 Å². The number of nitrogen functional groups attached to an aromatic ring is 1. The number of anilines is 1. The van der Waals surface area contributed by atoms with E-state index in [-0.39, 0.29) is 6.35 Å². The van der Waals surface area contributed by atoms with Crippen LogP contribution in [0.3, 0.4) is 0 Å². The molecular weight excluding hydrogens is 288 g/mol. The lowest BCUT2D eigenvalue weighted by molar-refractivity contribution is -0.140. The summed E-state index contributed by atoms with van der Waals surface area (Å²) in [6, 6.07) is 0. The van der Waals surface area contributed by atoms with Gasteiger partial charge >= 0.3 is 5.69 Å². The van der Waals surface area contributed by atoms with Gasteiger partial charge in [-0.15, -0.1) is 0 Å². The van der Waals surface area contributed by atoms with E-state index in [1.54, 1.807) is 13.3 Å². The highest BCUT2D eigenvalue weighted by atomic mass is 31.2. The lowest BCUT2D eigenvalue weighted by Crippen LogP contribution is -2.28. The molecule has 2 N–H and O–H groups in total. The van der Waals surface area contributed by atoms with E-state index in [4.69, 9.17) is 15.2 Å². The average Bonchev–Trinajstić information content (AvgIpc) is 2.79. The highest BCUT2D eigenvalue weighted by Gasteiger charge is 2.29. The predicted octanol–water partition coefficient (Wildman–Crippen LogP) is 1.20. The third-order valence-electron chi connectivity index (χ3n) is 2.77. The van der Waals surface area contributed by atoms with Gasteiger partial charge in [-0.2, -0.15) is 4.98 Å². The van der Waals surface area contributed by atoms with Crippen molar-refractivity contribution >= 4 is 13.0 Å². The molecule has 1 saturated heterocycles. The van der Waals surface area contributed by atoms with Crippen LogP contribution in [0.4, 0.5) is 10.2 Å². The van der Waals surface area contributed by atoms with E-state index in [2.05, 4.69) is 4.98 Å². The number of hydrogen-bond donors (Lipinski definition) is 1. The summed E-state index contributed by atoms with van der Waals surface area (Å²) in [6.07, 6.45) is 0.885. The summed E-state index contributed by atoms with van der Waals surface area (Å²) in [4.78, 5) is 15.0. The van der Waals surface area contributed by atoms with Crippen molar-refractivity contribution in [2.75, 3.05) is 25.4 Å². The zero-order chi connectivity index (χ0) is 14.9. The summed E-state index contributed by atoms with van der Waals surface area (Å²) >= 11 is 0. The number of rotatable bonds is 4. The Kier molecular flexibility index (Phi) is 4.27. The predicted molar refractivity (Wildman–Crippen MR) is 71.4 cm³/mol. The van der Waals surface area contributed by atoms with Gasteiger partial charge in [0, 0.05) is 6.42 Å². The van der Waals surface area contributed by atoms with Crippen LogP contribution in [0.2, 0.25) is 0 Å². The monoisotopic (exact) mass is 305 g/mol. The zero-order valence-electron chi connectivity index (χ0n) is 11.3. The highest BCUT2D eigenvalue weighted by molar-refractivity contribution is 7.62. The molecule has 0 bridgehead atoms. The Morgan fingerprint density at radius 3 is 2.95 bits per heavy atom. The maximum atomic E-state index is 13.3. The van der Waals surface area contributed by atoms with Gasteiger partial charge in [0.2, 0.25) is 0 Å². The molecule has 0 saturated carbocycles. The maximum absolute atomic E-state index is 13.3. The summed E-state index contributed by atoms with van der Waals surface area (Å²) in [5.41, 5.74) is 4.54. The second kappa shape index (κ2) is 5.63. The lowest BCUT2D eigenvalue weighted by Gasteiger charge is -2.17. The Morgan fingerprint density at radius 1 is 1.60 bits per heavy atom. The Labute approximate surface area is 115 Å². The van der Waals surface area contributed by atoms with Crippen LogP contribution in [-0.4, -0.2) is 35.5 Å². The SMILES string of the molecule is CP(C)(=O)CO[C@H]1CC[C@@H](n2cc(F)c(N)nc2=O)O1. The van der Waals surface area contributed by atoms with Crippen molar-refractivity contribution in [2.45, 2.75) is 25.4 Å². The molecule has 1 fully saturated rings. The largest absolute Gasteiger partial charge is 0.381 e. The van der Waals surface area contributed by atoms with Crippen LogP contribution < -0.4 is 11.4 Å². The molecule has 1 aromatic rings. The minimum atomic E-state index is -2.29. The molecule has 2 heterocycles. The molecule has 0 unspecified atom stereocenters. The normalized spacial score (nSPS) is 23.1. The van der Waals surface area contributed by atoms with Gasteiger partial charge in [-0.3, -0.25) is 4.57 Å². The van der Waals surface area contributed by atoms with Crippen molar-refractivity contribution in [1.82, 2.24) is 9.55 Å². The van der Waals surface area contributed by atoms with Crippen molar-refractivity contribution in [3.63, 3.8) is 0 Å². The molecule has 1 aliphatic rings. The molecule has 0 radical (unpaired) electrons. The number of ether oxygens (including phenoxy) is 2. The Balaban J connectivity index is 2.05. The molecule has 7 nitrogen and oxygen atoms in total. The molecule has 9 heteroatoms. The summed E-state index contributed by atoms with van der Waals surface area (Å²) in [5, 5.41) is 0. The second-order valence-corrected chi connectivity index (χ2v) is 8.54. The fourth-order valence-electron chi connectivity index (χ4n) is 1.84. The van der Waals surface area contributed by atoms with Crippen LogP contribution in [0.25, 0.3) is 0 Å². The van der Waals surface area contributed by atoms with Gasteiger partial charge in [0.1, 0.15) is 19.7 Å². The van der Waals surface area contributed by atoms with E-state index in [1.807, 2.05) is 0 Å². The third-order valence-corrected chi connectivity index (χ3v) is 3.54. The zero-order valence-corrected chi connectivity index (χ0v) is 12.2. The quantitative estimate of drug-likeness (QED) is 0.840. The van der Waals surface area contributed by atoms with Crippen molar-refractivity contribution < 1.29 is 18.4 Å². The minimum Gasteiger partial charge on any atom is -0.381 e. The number of nitrogens with zero attached hydrogens (tertiary/aromatic N) is 2. The van der Waals surface area contributed by atoms with E-state index in [0.29, 0.717) is 12.8 Å². The number of nitrogens with two attached hydrogens (primary N) is 1. The van der Waals surface area contributed by atoms with Crippen LogP contribution in [0.1, 0.15) is 19.1 Å². The first kappa shape index (κ1) is 15.2. The summed E-state index contributed by atoms with van der Waals surface area (Å²) in [6.45, 7) is 3.23. The van der Waals surface area contributed by atoms with Crippen LogP contribution in [-0.2, 0) is 14.0 Å². The first-order chi connectivity index (χ1) is 9.26. The Bertz CT molecular complexity index is 600. The van der Waals surface area contributed by atoms with E-state index in [1.165, 1.54) is 0 Å². The van der Waals surface area contributed by atoms with Gasteiger partial charge in [0.15, 0.2) is 17.9 Å². The first-order valence-corrected chi connectivity index (χ1v) is 8.90. The van der Waals surface area contributed by atoms with Crippen LogP contribution >= 0.6 is 7.14 Å². The first-order valence-electron chi connectivity index (χ1n) is 6.11. The molecule has 2 atom stereocenters. The number of hydrogen-bond acceptors (Lipinski definition) is 6. The molecule has 0 aliphatic carbocycles. The van der Waals surface area contributed by atoms with Gasteiger partial charge in [-0.05, 0) is 19.8 Å². The van der Waals surface area contributed by atoms with E-state index < -0.39 is 37.0 Å².